The molecule has 0 saturated heterocycles. The molecule has 0 amide bonds. The van der Waals surface area contributed by atoms with Crippen molar-refractivity contribution >= 4 is 53.4 Å². The molecule has 290 valence electrons. The summed E-state index contributed by atoms with van der Waals surface area (Å²) in [6, 6.07) is 76.0. The fraction of sp³-hybridized carbons (Fsp3) is 0. The maximum Gasteiger partial charge on any atom is 0.179 e. The predicted octanol–water partition coefficient (Wildman–Crippen LogP) is 15.3. The lowest BCUT2D eigenvalue weighted by Crippen LogP contribution is -2.03. The predicted molar refractivity (Wildman–Crippen MR) is 260 cm³/mol. The van der Waals surface area contributed by atoms with E-state index in [1.807, 2.05) is 24.4 Å². The Morgan fingerprint density at radius 2 is 0.903 bits per heavy atom. The normalized spacial score (nSPS) is 11.5. The number of nitrogens with zero attached hydrogens (tertiary/aromatic N) is 4. The zero-order valence-electron chi connectivity index (χ0n) is 33.5. The van der Waals surface area contributed by atoms with Crippen LogP contribution < -0.4 is 0 Å². The molecule has 0 unspecified atom stereocenters. The van der Waals surface area contributed by atoms with Gasteiger partial charge in [-0.05, 0) is 75.8 Å². The fourth-order valence-electron chi connectivity index (χ4n) is 8.96. The average molecular weight is 809 g/mol. The first-order valence-electron chi connectivity index (χ1n) is 20.8. The highest BCUT2D eigenvalue weighted by atomic mass is 32.1. The van der Waals surface area contributed by atoms with Crippen LogP contribution in [0.25, 0.3) is 115 Å². The van der Waals surface area contributed by atoms with E-state index in [1.165, 1.54) is 37.7 Å². The van der Waals surface area contributed by atoms with E-state index in [0.717, 1.165) is 71.5 Å². The SMILES string of the molecule is c1ccc(-c2ccc3c4ccc(-c5ccccc5)cc4n(-c4c(-c5ccccc5)cc(-c5nc(-c6ccccn6)nc6c5sc5ccccc56)cc4-c4ccccc4)c3c2)cc1. The Hall–Kier alpha value is -7.99. The smallest absolute Gasteiger partial charge is 0.179 e. The summed E-state index contributed by atoms with van der Waals surface area (Å²) in [6.45, 7) is 0. The van der Waals surface area contributed by atoms with Crippen molar-refractivity contribution in [1.82, 2.24) is 19.5 Å². The lowest BCUT2D eigenvalue weighted by Gasteiger charge is -2.21. The molecule has 0 fully saturated rings. The first kappa shape index (κ1) is 35.9. The summed E-state index contributed by atoms with van der Waals surface area (Å²) in [6.07, 6.45) is 1.81. The second kappa shape index (κ2) is 14.9. The summed E-state index contributed by atoms with van der Waals surface area (Å²) in [5, 5.41) is 3.51. The maximum atomic E-state index is 5.42. The molecular weight excluding hydrogens is 773 g/mol. The molecule has 12 rings (SSSR count). The molecule has 0 N–H and O–H groups in total. The van der Waals surface area contributed by atoms with Gasteiger partial charge in [-0.3, -0.25) is 4.98 Å². The Morgan fingerprint density at radius 1 is 0.387 bits per heavy atom. The van der Waals surface area contributed by atoms with Crippen molar-refractivity contribution in [2.75, 3.05) is 0 Å². The first-order chi connectivity index (χ1) is 30.7. The largest absolute Gasteiger partial charge is 0.308 e. The third-order valence-electron chi connectivity index (χ3n) is 11.9. The van der Waals surface area contributed by atoms with Gasteiger partial charge in [-0.15, -0.1) is 11.3 Å². The number of rotatable bonds is 7. The number of hydrogen-bond donors (Lipinski definition) is 0. The molecule has 12 aromatic rings. The molecule has 0 saturated carbocycles. The van der Waals surface area contributed by atoms with E-state index >= 15 is 0 Å². The first-order valence-corrected chi connectivity index (χ1v) is 21.7. The van der Waals surface area contributed by atoms with E-state index in [-0.39, 0.29) is 0 Å². The van der Waals surface area contributed by atoms with Crippen molar-refractivity contribution in [3.8, 4) is 73.0 Å². The van der Waals surface area contributed by atoms with Crippen LogP contribution >= 0.6 is 11.3 Å². The molecule has 8 aromatic carbocycles. The van der Waals surface area contributed by atoms with Crippen LogP contribution in [0, 0.1) is 0 Å². The number of benzene rings is 8. The van der Waals surface area contributed by atoms with E-state index in [4.69, 9.17) is 15.0 Å². The third kappa shape index (κ3) is 6.09. The molecule has 4 nitrogen and oxygen atoms in total. The fourth-order valence-corrected chi connectivity index (χ4v) is 10.1. The molecule has 0 aliphatic heterocycles. The van der Waals surface area contributed by atoms with Gasteiger partial charge in [-0.1, -0.05) is 170 Å². The summed E-state index contributed by atoms with van der Waals surface area (Å²) in [5.41, 5.74) is 16.1. The van der Waals surface area contributed by atoms with Crippen molar-refractivity contribution in [1.29, 1.82) is 0 Å². The molecular formula is C57H36N4S. The van der Waals surface area contributed by atoms with E-state index in [1.54, 1.807) is 11.3 Å². The van der Waals surface area contributed by atoms with Gasteiger partial charge < -0.3 is 4.57 Å². The quantitative estimate of drug-likeness (QED) is 0.161. The van der Waals surface area contributed by atoms with Crippen molar-refractivity contribution in [2.24, 2.45) is 0 Å². The van der Waals surface area contributed by atoms with Gasteiger partial charge in [-0.2, -0.15) is 0 Å². The van der Waals surface area contributed by atoms with E-state index < -0.39 is 0 Å². The Bertz CT molecular complexity index is 3440. The number of pyridine rings is 1. The maximum absolute atomic E-state index is 5.42. The molecule has 0 aliphatic rings. The van der Waals surface area contributed by atoms with Crippen LogP contribution in [0.1, 0.15) is 0 Å². The second-order valence-corrected chi connectivity index (χ2v) is 16.6. The number of fused-ring (bicyclic) bond motifs is 6. The summed E-state index contributed by atoms with van der Waals surface area (Å²) in [4.78, 5) is 15.3. The monoisotopic (exact) mass is 808 g/mol. The van der Waals surface area contributed by atoms with E-state index in [2.05, 4.69) is 199 Å². The van der Waals surface area contributed by atoms with Crippen LogP contribution in [0.2, 0.25) is 0 Å². The van der Waals surface area contributed by atoms with Crippen LogP contribution in [0.3, 0.4) is 0 Å². The highest BCUT2D eigenvalue weighted by Gasteiger charge is 2.25. The highest BCUT2D eigenvalue weighted by Crippen LogP contribution is 2.47. The van der Waals surface area contributed by atoms with E-state index in [0.29, 0.717) is 5.82 Å². The number of hydrogen-bond acceptors (Lipinski definition) is 4. The van der Waals surface area contributed by atoms with Crippen LogP contribution in [0.5, 0.6) is 0 Å². The Kier molecular flexibility index (Phi) is 8.65. The van der Waals surface area contributed by atoms with Gasteiger partial charge >= 0.3 is 0 Å². The summed E-state index contributed by atoms with van der Waals surface area (Å²) >= 11 is 1.74. The molecule has 0 spiro atoms. The summed E-state index contributed by atoms with van der Waals surface area (Å²) in [7, 11) is 0. The van der Waals surface area contributed by atoms with Crippen molar-refractivity contribution in [2.45, 2.75) is 0 Å². The Balaban J connectivity index is 1.24. The molecule has 0 radical (unpaired) electrons. The minimum absolute atomic E-state index is 0.604. The van der Waals surface area contributed by atoms with Crippen LogP contribution in [0.15, 0.2) is 219 Å². The van der Waals surface area contributed by atoms with Crippen LogP contribution in [-0.4, -0.2) is 19.5 Å². The van der Waals surface area contributed by atoms with Crippen molar-refractivity contribution in [3.05, 3.63) is 219 Å². The molecule has 0 aliphatic carbocycles. The van der Waals surface area contributed by atoms with Gasteiger partial charge in [0.05, 0.1) is 32.6 Å². The lowest BCUT2D eigenvalue weighted by molar-refractivity contribution is 1.17. The molecule has 62 heavy (non-hydrogen) atoms. The summed E-state index contributed by atoms with van der Waals surface area (Å²) < 4.78 is 4.74. The third-order valence-corrected chi connectivity index (χ3v) is 13.0. The topological polar surface area (TPSA) is 43.6 Å². The van der Waals surface area contributed by atoms with Gasteiger partial charge in [0.2, 0.25) is 0 Å². The van der Waals surface area contributed by atoms with Crippen LogP contribution in [0.4, 0.5) is 0 Å². The van der Waals surface area contributed by atoms with Gasteiger partial charge in [0.1, 0.15) is 5.69 Å². The second-order valence-electron chi connectivity index (χ2n) is 15.6. The number of thiophene rings is 1. The Morgan fingerprint density at radius 3 is 1.45 bits per heavy atom. The zero-order chi connectivity index (χ0) is 41.0. The van der Waals surface area contributed by atoms with Crippen molar-refractivity contribution in [3.63, 3.8) is 0 Å². The molecule has 0 atom stereocenters. The standard InChI is InChI=1S/C57H36N4S/c1-5-17-37(18-6-1)41-28-30-44-45-31-29-42(38-19-7-2-8-20-38)36-51(45)61(50(44)35-41)55-47(39-21-9-3-10-22-39)33-43(34-48(55)40-23-11-4-12-24-40)53-56-54(46-25-13-14-27-52(46)62-56)60-57(59-53)49-26-15-16-32-58-49/h1-36H. The minimum Gasteiger partial charge on any atom is -0.308 e. The highest BCUT2D eigenvalue weighted by molar-refractivity contribution is 7.26. The molecule has 4 aromatic heterocycles. The molecule has 0 bridgehead atoms. The van der Waals surface area contributed by atoms with Crippen molar-refractivity contribution < 1.29 is 0 Å². The summed E-state index contributed by atoms with van der Waals surface area (Å²) in [5.74, 6) is 0.604. The van der Waals surface area contributed by atoms with Gasteiger partial charge in [0.15, 0.2) is 5.82 Å². The van der Waals surface area contributed by atoms with Gasteiger partial charge in [-0.25, -0.2) is 9.97 Å². The number of aromatic nitrogens is 4. The molecule has 5 heteroatoms. The van der Waals surface area contributed by atoms with Crippen LogP contribution in [-0.2, 0) is 0 Å². The lowest BCUT2D eigenvalue weighted by atomic mass is 9.91. The average Bonchev–Trinajstić information content (AvgIpc) is 3.89. The minimum atomic E-state index is 0.604. The van der Waals surface area contributed by atoms with Gasteiger partial charge in [0, 0.05) is 43.7 Å². The van der Waals surface area contributed by atoms with Gasteiger partial charge in [0.25, 0.3) is 0 Å². The van der Waals surface area contributed by atoms with E-state index in [9.17, 15) is 0 Å². The Labute approximate surface area is 362 Å². The zero-order valence-corrected chi connectivity index (χ0v) is 34.3. The molecule has 4 heterocycles.